The largest absolute Gasteiger partial charge is 0.316 e. The van der Waals surface area contributed by atoms with Crippen LogP contribution >= 0.6 is 0 Å². The van der Waals surface area contributed by atoms with E-state index in [1.807, 2.05) is 0 Å². The summed E-state index contributed by atoms with van der Waals surface area (Å²) < 4.78 is 5.21. The van der Waals surface area contributed by atoms with Gasteiger partial charge in [-0.1, -0.05) is 127 Å². The summed E-state index contributed by atoms with van der Waals surface area (Å²) in [5.74, 6) is 0. The first-order valence-electron chi connectivity index (χ1n) is 17.9. The van der Waals surface area contributed by atoms with E-state index in [-0.39, 0.29) is 5.66 Å². The summed E-state index contributed by atoms with van der Waals surface area (Å²) in [7, 11) is 0. The highest BCUT2D eigenvalue weighted by atomic mass is 15.3. The van der Waals surface area contributed by atoms with E-state index in [1.54, 1.807) is 0 Å². The standard InChI is InChI=1S/C49H32N2/c1-49(2)50-44-24-17-33(29-8-4-3-5-9-29)27-42(44)40-22-13-31-14-23-41-43-28-34(18-25-45(43)51(49)48(41)46(31)47(40)50)32-15-19-37-35(26-32)16-21-38-36-11-7-6-10-30(36)12-20-39(37)38/h3-28H,1-2H3. The van der Waals surface area contributed by atoms with Gasteiger partial charge in [-0.05, 0) is 104 Å². The van der Waals surface area contributed by atoms with Crippen LogP contribution in [0.15, 0.2) is 158 Å². The van der Waals surface area contributed by atoms with Gasteiger partial charge in [0.2, 0.25) is 0 Å². The van der Waals surface area contributed by atoms with E-state index >= 15 is 0 Å². The van der Waals surface area contributed by atoms with Gasteiger partial charge >= 0.3 is 0 Å². The van der Waals surface area contributed by atoms with Crippen LogP contribution in [0, 0.1) is 0 Å². The van der Waals surface area contributed by atoms with Crippen molar-refractivity contribution < 1.29 is 0 Å². The molecule has 0 fully saturated rings. The van der Waals surface area contributed by atoms with Crippen molar-refractivity contribution >= 4 is 86.7 Å². The molecule has 0 amide bonds. The molecule has 0 saturated carbocycles. The van der Waals surface area contributed by atoms with Crippen molar-refractivity contribution in [3.05, 3.63) is 158 Å². The fraction of sp³-hybridized carbons (Fsp3) is 0.0612. The van der Waals surface area contributed by atoms with Gasteiger partial charge < -0.3 is 9.13 Å². The Hall–Kier alpha value is -6.38. The van der Waals surface area contributed by atoms with E-state index in [4.69, 9.17) is 0 Å². The summed E-state index contributed by atoms with van der Waals surface area (Å²) in [4.78, 5) is 0. The lowest BCUT2D eigenvalue weighted by molar-refractivity contribution is 0.328. The highest BCUT2D eigenvalue weighted by molar-refractivity contribution is 6.29. The molecule has 0 aliphatic carbocycles. The molecule has 0 N–H and O–H groups in total. The molecule has 51 heavy (non-hydrogen) atoms. The van der Waals surface area contributed by atoms with Gasteiger partial charge in [-0.25, -0.2) is 0 Å². The zero-order valence-electron chi connectivity index (χ0n) is 28.4. The lowest BCUT2D eigenvalue weighted by Crippen LogP contribution is -2.36. The minimum absolute atomic E-state index is 0.327. The molecule has 12 rings (SSSR count). The Kier molecular flexibility index (Phi) is 5.08. The third-order valence-electron chi connectivity index (χ3n) is 11.9. The van der Waals surface area contributed by atoms with Crippen LogP contribution in [0.3, 0.4) is 0 Å². The Balaban J connectivity index is 1.09. The summed E-state index contributed by atoms with van der Waals surface area (Å²) in [5.41, 5.74) is 9.90. The topological polar surface area (TPSA) is 9.86 Å². The van der Waals surface area contributed by atoms with Gasteiger partial charge in [-0.3, -0.25) is 0 Å². The Morgan fingerprint density at radius 3 is 1.51 bits per heavy atom. The Bertz CT molecular complexity index is 3320. The molecule has 2 nitrogen and oxygen atoms in total. The van der Waals surface area contributed by atoms with E-state index in [9.17, 15) is 0 Å². The van der Waals surface area contributed by atoms with Gasteiger partial charge in [0.15, 0.2) is 0 Å². The predicted octanol–water partition coefficient (Wildman–Crippen LogP) is 13.4. The lowest BCUT2D eigenvalue weighted by atomic mass is 9.94. The normalized spacial score (nSPS) is 13.8. The van der Waals surface area contributed by atoms with Crippen molar-refractivity contribution in [2.75, 3.05) is 0 Å². The number of hydrogen-bond acceptors (Lipinski definition) is 0. The van der Waals surface area contributed by atoms with Gasteiger partial charge in [-0.2, -0.15) is 0 Å². The molecule has 238 valence electrons. The summed E-state index contributed by atoms with van der Waals surface area (Å²) >= 11 is 0. The summed E-state index contributed by atoms with van der Waals surface area (Å²) in [5, 5.41) is 15.7. The fourth-order valence-corrected chi connectivity index (χ4v) is 9.65. The predicted molar refractivity (Wildman–Crippen MR) is 218 cm³/mol. The molecule has 0 bridgehead atoms. The van der Waals surface area contributed by atoms with Crippen LogP contribution in [0.1, 0.15) is 13.8 Å². The molecule has 2 heteroatoms. The Labute approximate surface area is 294 Å². The number of rotatable bonds is 2. The van der Waals surface area contributed by atoms with Crippen molar-refractivity contribution in [1.82, 2.24) is 9.13 Å². The van der Waals surface area contributed by atoms with Gasteiger partial charge in [-0.15, -0.1) is 0 Å². The molecule has 3 heterocycles. The van der Waals surface area contributed by atoms with Crippen molar-refractivity contribution in [2.45, 2.75) is 19.5 Å². The SMILES string of the molecule is CC1(C)n2c3ccc(-c4ccccc4)cc3c3ccc4ccc5c6cc(-c7ccc8c(ccc9c%10ccccc%10ccc89)c7)ccc6n1c5c4c32. The molecular formula is C49H32N2. The Morgan fingerprint density at radius 2 is 0.824 bits per heavy atom. The first kappa shape index (κ1) is 27.4. The van der Waals surface area contributed by atoms with Crippen LogP contribution in [0.5, 0.6) is 0 Å². The molecule has 11 aromatic rings. The quantitative estimate of drug-likeness (QED) is 0.165. The summed E-state index contributed by atoms with van der Waals surface area (Å²) in [6.07, 6.45) is 0. The minimum Gasteiger partial charge on any atom is -0.316 e. The van der Waals surface area contributed by atoms with Crippen LogP contribution < -0.4 is 0 Å². The second-order valence-corrected chi connectivity index (χ2v) is 14.9. The van der Waals surface area contributed by atoms with Gasteiger partial charge in [0.1, 0.15) is 5.66 Å². The average Bonchev–Trinajstić information content (AvgIpc) is 3.71. The third kappa shape index (κ3) is 3.47. The first-order valence-corrected chi connectivity index (χ1v) is 17.9. The van der Waals surface area contributed by atoms with Crippen LogP contribution in [0.2, 0.25) is 0 Å². The van der Waals surface area contributed by atoms with E-state index < -0.39 is 0 Å². The minimum atomic E-state index is -0.327. The van der Waals surface area contributed by atoms with Crippen LogP contribution in [-0.4, -0.2) is 9.13 Å². The molecule has 9 aromatic carbocycles. The van der Waals surface area contributed by atoms with Gasteiger partial charge in [0.25, 0.3) is 0 Å². The zero-order valence-corrected chi connectivity index (χ0v) is 28.4. The van der Waals surface area contributed by atoms with Crippen molar-refractivity contribution in [1.29, 1.82) is 0 Å². The maximum atomic E-state index is 2.61. The highest BCUT2D eigenvalue weighted by Crippen LogP contribution is 2.49. The van der Waals surface area contributed by atoms with Crippen LogP contribution in [0.4, 0.5) is 0 Å². The van der Waals surface area contributed by atoms with Crippen LogP contribution in [-0.2, 0) is 5.66 Å². The number of benzene rings is 9. The monoisotopic (exact) mass is 648 g/mol. The van der Waals surface area contributed by atoms with Crippen LogP contribution in [0.25, 0.3) is 109 Å². The molecule has 0 radical (unpaired) electrons. The maximum absolute atomic E-state index is 2.61. The number of nitrogens with zero attached hydrogens (tertiary/aromatic N) is 2. The number of fused-ring (bicyclic) bond motifs is 11. The summed E-state index contributed by atoms with van der Waals surface area (Å²) in [6.45, 7) is 4.77. The second-order valence-electron chi connectivity index (χ2n) is 14.9. The molecule has 0 saturated heterocycles. The second kappa shape index (κ2) is 9.44. The van der Waals surface area contributed by atoms with E-state index in [0.29, 0.717) is 0 Å². The number of hydrogen-bond donors (Lipinski definition) is 0. The lowest BCUT2D eigenvalue weighted by Gasteiger charge is -2.36. The molecule has 0 unspecified atom stereocenters. The van der Waals surface area contributed by atoms with Gasteiger partial charge in [0, 0.05) is 26.9 Å². The van der Waals surface area contributed by atoms with Gasteiger partial charge in [0.05, 0.1) is 22.1 Å². The molecule has 1 aliphatic rings. The molecule has 0 atom stereocenters. The van der Waals surface area contributed by atoms with E-state index in [2.05, 4.69) is 181 Å². The highest BCUT2D eigenvalue weighted by Gasteiger charge is 2.35. The molecular weight excluding hydrogens is 617 g/mol. The van der Waals surface area contributed by atoms with E-state index in [1.165, 1.54) is 109 Å². The maximum Gasteiger partial charge on any atom is 0.116 e. The Morgan fingerprint density at radius 1 is 0.333 bits per heavy atom. The third-order valence-corrected chi connectivity index (χ3v) is 11.9. The van der Waals surface area contributed by atoms with Crippen molar-refractivity contribution in [2.24, 2.45) is 0 Å². The summed E-state index contributed by atoms with van der Waals surface area (Å²) in [6, 6.07) is 59.0. The van der Waals surface area contributed by atoms with E-state index in [0.717, 1.165) is 0 Å². The fourth-order valence-electron chi connectivity index (χ4n) is 9.65. The molecule has 0 spiro atoms. The number of aromatic nitrogens is 2. The molecule has 1 aliphatic heterocycles. The first-order chi connectivity index (χ1) is 25.0. The molecule has 2 aromatic heterocycles. The average molecular weight is 649 g/mol. The smallest absolute Gasteiger partial charge is 0.116 e. The zero-order chi connectivity index (χ0) is 33.6. The van der Waals surface area contributed by atoms with Crippen molar-refractivity contribution in [3.8, 4) is 22.3 Å². The van der Waals surface area contributed by atoms with Crippen molar-refractivity contribution in [3.63, 3.8) is 0 Å².